The molecule has 0 spiro atoms. The lowest BCUT2D eigenvalue weighted by atomic mass is 9.45. The van der Waals surface area contributed by atoms with Crippen LogP contribution in [0.5, 0.6) is 0 Å². The summed E-state index contributed by atoms with van der Waals surface area (Å²) in [5, 5.41) is 13.7. The summed E-state index contributed by atoms with van der Waals surface area (Å²) >= 11 is 0. The number of aryl methyl sites for hydroxylation is 2. The van der Waals surface area contributed by atoms with Crippen LogP contribution in [0.25, 0.3) is 0 Å². The van der Waals surface area contributed by atoms with E-state index in [1.54, 1.807) is 0 Å². The average molecular weight is 395 g/mol. The Balaban J connectivity index is 1.37. The predicted octanol–water partition coefficient (Wildman–Crippen LogP) is 5.94. The zero-order valence-corrected chi connectivity index (χ0v) is 18.8. The predicted molar refractivity (Wildman–Crippen MR) is 119 cm³/mol. The van der Waals surface area contributed by atoms with Crippen LogP contribution in [-0.2, 0) is 7.05 Å². The monoisotopic (exact) mass is 394 g/mol. The molecule has 0 N–H and O–H groups in total. The SMILES string of the molecule is Cc1nn(C)cc1/C=N\N=C1/CC[C@H]2[C@@H]3CC[C@H]4CCCC[C@]4(C)[C@H]3CC[C@]12C. The molecule has 0 aliphatic heterocycles. The largest absolute Gasteiger partial charge is 0.275 e. The van der Waals surface area contributed by atoms with Crippen LogP contribution in [0.15, 0.2) is 16.4 Å². The lowest BCUT2D eigenvalue weighted by Gasteiger charge is -2.59. The standard InChI is InChI=1S/C25H38N4/c1-17-18(16-29(4)28-17)15-26-27-23-11-10-21-20-9-8-19-7-5-6-13-24(19,2)22(20)12-14-25(21,23)3/h15-16,19-22H,5-14H2,1-4H3/b26-15-,27-23+/t19-,20+,21+,22+,24+,25+/m1/s1. The fraction of sp³-hybridized carbons (Fsp3) is 0.800. The molecule has 4 aliphatic carbocycles. The Hall–Kier alpha value is -1.45. The number of hydrogen-bond donors (Lipinski definition) is 0. The molecule has 0 amide bonds. The van der Waals surface area contributed by atoms with E-state index in [1.165, 1.54) is 63.5 Å². The van der Waals surface area contributed by atoms with Gasteiger partial charge in [-0.25, -0.2) is 0 Å². The minimum Gasteiger partial charge on any atom is -0.275 e. The van der Waals surface area contributed by atoms with Crippen LogP contribution in [-0.4, -0.2) is 21.7 Å². The maximum absolute atomic E-state index is 4.81. The van der Waals surface area contributed by atoms with Crippen molar-refractivity contribution in [1.82, 2.24) is 9.78 Å². The maximum atomic E-state index is 4.81. The van der Waals surface area contributed by atoms with Crippen LogP contribution in [0.2, 0.25) is 0 Å². The second kappa shape index (κ2) is 7.06. The molecule has 4 fully saturated rings. The molecule has 5 rings (SSSR count). The molecule has 0 aromatic carbocycles. The summed E-state index contributed by atoms with van der Waals surface area (Å²) in [5.74, 6) is 3.71. The van der Waals surface area contributed by atoms with Gasteiger partial charge in [0.25, 0.3) is 0 Å². The van der Waals surface area contributed by atoms with Crippen molar-refractivity contribution >= 4 is 11.9 Å². The number of nitrogens with zero attached hydrogens (tertiary/aromatic N) is 4. The quantitative estimate of drug-likeness (QED) is 0.452. The van der Waals surface area contributed by atoms with E-state index in [2.05, 4.69) is 24.0 Å². The highest BCUT2D eigenvalue weighted by molar-refractivity contribution is 5.93. The molecule has 29 heavy (non-hydrogen) atoms. The van der Waals surface area contributed by atoms with Gasteiger partial charge in [-0.05, 0) is 87.4 Å². The summed E-state index contributed by atoms with van der Waals surface area (Å²) in [4.78, 5) is 0. The molecule has 158 valence electrons. The molecule has 1 aromatic heterocycles. The van der Waals surface area contributed by atoms with E-state index in [0.29, 0.717) is 5.41 Å². The van der Waals surface area contributed by atoms with E-state index in [4.69, 9.17) is 5.10 Å². The summed E-state index contributed by atoms with van der Waals surface area (Å²) < 4.78 is 1.85. The van der Waals surface area contributed by atoms with Gasteiger partial charge in [0.1, 0.15) is 0 Å². The first-order chi connectivity index (χ1) is 13.9. The van der Waals surface area contributed by atoms with Crippen LogP contribution < -0.4 is 0 Å². The van der Waals surface area contributed by atoms with Gasteiger partial charge in [-0.2, -0.15) is 15.3 Å². The van der Waals surface area contributed by atoms with Gasteiger partial charge in [0.15, 0.2) is 0 Å². The Bertz CT molecular complexity index is 836. The summed E-state index contributed by atoms with van der Waals surface area (Å²) in [7, 11) is 1.96. The summed E-state index contributed by atoms with van der Waals surface area (Å²) in [5.41, 5.74) is 4.36. The second-order valence-electron chi connectivity index (χ2n) is 11.0. The number of hydrogen-bond acceptors (Lipinski definition) is 3. The van der Waals surface area contributed by atoms with E-state index in [9.17, 15) is 0 Å². The number of fused-ring (bicyclic) bond motifs is 5. The Labute approximate surface area is 176 Å². The Morgan fingerprint density at radius 3 is 2.72 bits per heavy atom. The smallest absolute Gasteiger partial charge is 0.0682 e. The van der Waals surface area contributed by atoms with Gasteiger partial charge >= 0.3 is 0 Å². The third kappa shape index (κ3) is 3.04. The number of aromatic nitrogens is 2. The van der Waals surface area contributed by atoms with E-state index in [0.717, 1.165) is 41.3 Å². The van der Waals surface area contributed by atoms with Gasteiger partial charge in [0.2, 0.25) is 0 Å². The van der Waals surface area contributed by atoms with Crippen molar-refractivity contribution in [3.63, 3.8) is 0 Å². The van der Waals surface area contributed by atoms with Gasteiger partial charge in [-0.15, -0.1) is 0 Å². The molecular weight excluding hydrogens is 356 g/mol. The molecule has 4 saturated carbocycles. The molecule has 0 unspecified atom stereocenters. The topological polar surface area (TPSA) is 42.5 Å². The van der Waals surface area contributed by atoms with Gasteiger partial charge in [-0.1, -0.05) is 26.7 Å². The zero-order chi connectivity index (χ0) is 20.2. The molecule has 4 nitrogen and oxygen atoms in total. The molecule has 4 aliphatic rings. The van der Waals surface area contributed by atoms with E-state index in [1.807, 2.05) is 31.1 Å². The average Bonchev–Trinajstić information content (AvgIpc) is 3.19. The fourth-order valence-corrected chi connectivity index (χ4v) is 8.15. The van der Waals surface area contributed by atoms with Gasteiger partial charge in [0, 0.05) is 29.9 Å². The van der Waals surface area contributed by atoms with E-state index < -0.39 is 0 Å². The second-order valence-corrected chi connectivity index (χ2v) is 11.0. The highest BCUT2D eigenvalue weighted by atomic mass is 15.3. The summed E-state index contributed by atoms with van der Waals surface area (Å²) in [6, 6.07) is 0. The van der Waals surface area contributed by atoms with Gasteiger partial charge < -0.3 is 0 Å². The van der Waals surface area contributed by atoms with Gasteiger partial charge in [-0.3, -0.25) is 4.68 Å². The lowest BCUT2D eigenvalue weighted by molar-refractivity contribution is -0.0936. The van der Waals surface area contributed by atoms with Crippen molar-refractivity contribution in [3.8, 4) is 0 Å². The van der Waals surface area contributed by atoms with Crippen molar-refractivity contribution in [2.45, 2.75) is 85.0 Å². The third-order valence-corrected chi connectivity index (χ3v) is 9.75. The van der Waals surface area contributed by atoms with Crippen molar-refractivity contribution < 1.29 is 0 Å². The zero-order valence-electron chi connectivity index (χ0n) is 18.8. The molecule has 0 saturated heterocycles. The van der Waals surface area contributed by atoms with Crippen LogP contribution in [0.1, 0.15) is 89.3 Å². The van der Waals surface area contributed by atoms with Gasteiger partial charge in [0.05, 0.1) is 11.9 Å². The third-order valence-electron chi connectivity index (χ3n) is 9.75. The number of rotatable bonds is 2. The lowest BCUT2D eigenvalue weighted by Crippen LogP contribution is -2.52. The van der Waals surface area contributed by atoms with Crippen molar-refractivity contribution in [3.05, 3.63) is 17.5 Å². The molecule has 0 bridgehead atoms. The van der Waals surface area contributed by atoms with E-state index >= 15 is 0 Å². The van der Waals surface area contributed by atoms with E-state index in [-0.39, 0.29) is 5.41 Å². The fourth-order valence-electron chi connectivity index (χ4n) is 8.15. The minimum atomic E-state index is 0.278. The van der Waals surface area contributed by atoms with Crippen molar-refractivity contribution in [2.24, 2.45) is 51.8 Å². The first kappa shape index (κ1) is 19.5. The molecule has 0 radical (unpaired) electrons. The maximum Gasteiger partial charge on any atom is 0.0682 e. The van der Waals surface area contributed by atoms with Crippen LogP contribution in [0.4, 0.5) is 0 Å². The van der Waals surface area contributed by atoms with Crippen molar-refractivity contribution in [2.75, 3.05) is 0 Å². The van der Waals surface area contributed by atoms with Crippen LogP contribution in [0.3, 0.4) is 0 Å². The van der Waals surface area contributed by atoms with Crippen LogP contribution in [0, 0.1) is 41.4 Å². The molecule has 6 atom stereocenters. The van der Waals surface area contributed by atoms with Crippen molar-refractivity contribution in [1.29, 1.82) is 0 Å². The summed E-state index contributed by atoms with van der Waals surface area (Å²) in [6.45, 7) is 7.21. The Morgan fingerprint density at radius 2 is 1.93 bits per heavy atom. The molecule has 1 heterocycles. The molecular formula is C25H38N4. The molecule has 1 aromatic rings. The molecule has 4 heteroatoms. The highest BCUT2D eigenvalue weighted by Gasteiger charge is 2.58. The first-order valence-corrected chi connectivity index (χ1v) is 12.0. The van der Waals surface area contributed by atoms with Crippen LogP contribution >= 0.6 is 0 Å². The Kier molecular flexibility index (Phi) is 4.75. The first-order valence-electron chi connectivity index (χ1n) is 12.0. The normalized spacial score (nSPS) is 43.4. The summed E-state index contributed by atoms with van der Waals surface area (Å²) in [6.07, 6.45) is 18.0. The Morgan fingerprint density at radius 1 is 1.07 bits per heavy atom. The minimum absolute atomic E-state index is 0.278. The highest BCUT2D eigenvalue weighted by Crippen LogP contribution is 2.65.